The van der Waals surface area contributed by atoms with Gasteiger partial charge in [-0.25, -0.2) is 0 Å². The smallest absolute Gasteiger partial charge is 0.221 e. The molecule has 2 fully saturated rings. The van der Waals surface area contributed by atoms with Crippen LogP contribution in [0.4, 0.5) is 0 Å². The van der Waals surface area contributed by atoms with E-state index in [0.29, 0.717) is 18.5 Å². The van der Waals surface area contributed by atoms with Crippen LogP contribution in [-0.2, 0) is 4.79 Å². The van der Waals surface area contributed by atoms with Crippen molar-refractivity contribution in [3.05, 3.63) is 0 Å². The highest BCUT2D eigenvalue weighted by molar-refractivity contribution is 5.76. The SMILES string of the molecule is CC(CC(=O)NC1CCN(C)CC1)N1CCNCC1. The van der Waals surface area contributed by atoms with Crippen LogP contribution in [0.15, 0.2) is 0 Å². The second-order valence-corrected chi connectivity index (χ2v) is 5.98. The molecule has 0 spiro atoms. The highest BCUT2D eigenvalue weighted by atomic mass is 16.1. The number of hydrogen-bond acceptors (Lipinski definition) is 4. The molecular formula is C14H28N4O. The first kappa shape index (κ1) is 14.8. The van der Waals surface area contributed by atoms with Gasteiger partial charge < -0.3 is 15.5 Å². The van der Waals surface area contributed by atoms with Gasteiger partial charge in [-0.05, 0) is 39.9 Å². The molecule has 5 heteroatoms. The average molecular weight is 268 g/mol. The van der Waals surface area contributed by atoms with Crippen molar-refractivity contribution in [2.24, 2.45) is 0 Å². The van der Waals surface area contributed by atoms with Gasteiger partial charge in [-0.1, -0.05) is 0 Å². The minimum Gasteiger partial charge on any atom is -0.353 e. The Labute approximate surface area is 116 Å². The predicted octanol–water partition coefficient (Wildman–Crippen LogP) is -0.119. The largest absolute Gasteiger partial charge is 0.353 e. The van der Waals surface area contributed by atoms with Crippen molar-refractivity contribution >= 4 is 5.91 Å². The number of piperidine rings is 1. The maximum atomic E-state index is 12.1. The fraction of sp³-hybridized carbons (Fsp3) is 0.929. The summed E-state index contributed by atoms with van der Waals surface area (Å²) in [6.45, 7) is 8.56. The standard InChI is InChI=1S/C14H28N4O/c1-12(18-9-5-15-6-10-18)11-14(19)16-13-3-7-17(2)8-4-13/h12-13,15H,3-11H2,1-2H3,(H,16,19). The Bertz CT molecular complexity index is 283. The van der Waals surface area contributed by atoms with Crippen LogP contribution in [0.25, 0.3) is 0 Å². The van der Waals surface area contributed by atoms with Gasteiger partial charge in [0.2, 0.25) is 5.91 Å². The predicted molar refractivity (Wildman–Crippen MR) is 77.2 cm³/mol. The first-order valence-corrected chi connectivity index (χ1v) is 7.58. The summed E-state index contributed by atoms with van der Waals surface area (Å²) in [4.78, 5) is 16.8. The molecule has 2 aliphatic heterocycles. The highest BCUT2D eigenvalue weighted by Gasteiger charge is 2.22. The van der Waals surface area contributed by atoms with Crippen LogP contribution in [-0.4, -0.2) is 74.1 Å². The van der Waals surface area contributed by atoms with Crippen molar-refractivity contribution in [3.8, 4) is 0 Å². The van der Waals surface area contributed by atoms with Crippen LogP contribution in [0.1, 0.15) is 26.2 Å². The molecule has 2 heterocycles. The van der Waals surface area contributed by atoms with Gasteiger partial charge in [0.25, 0.3) is 0 Å². The molecule has 0 aromatic carbocycles. The molecule has 110 valence electrons. The van der Waals surface area contributed by atoms with Crippen molar-refractivity contribution in [2.75, 3.05) is 46.3 Å². The number of nitrogens with zero attached hydrogens (tertiary/aromatic N) is 2. The minimum absolute atomic E-state index is 0.223. The Balaban J connectivity index is 1.68. The van der Waals surface area contributed by atoms with E-state index < -0.39 is 0 Å². The summed E-state index contributed by atoms with van der Waals surface area (Å²) in [7, 11) is 2.14. The molecule has 2 saturated heterocycles. The van der Waals surface area contributed by atoms with Crippen molar-refractivity contribution in [1.29, 1.82) is 0 Å². The van der Waals surface area contributed by atoms with Gasteiger partial charge in [-0.3, -0.25) is 9.69 Å². The van der Waals surface area contributed by atoms with Gasteiger partial charge in [0, 0.05) is 44.7 Å². The molecule has 0 bridgehead atoms. The van der Waals surface area contributed by atoms with Crippen LogP contribution in [0.3, 0.4) is 0 Å². The molecule has 5 nitrogen and oxygen atoms in total. The van der Waals surface area contributed by atoms with Crippen molar-refractivity contribution < 1.29 is 4.79 Å². The zero-order valence-electron chi connectivity index (χ0n) is 12.3. The summed E-state index contributed by atoms with van der Waals surface area (Å²) in [5.74, 6) is 0.223. The second kappa shape index (κ2) is 7.22. The van der Waals surface area contributed by atoms with Gasteiger partial charge in [0.05, 0.1) is 0 Å². The molecule has 1 amide bonds. The van der Waals surface area contributed by atoms with E-state index in [9.17, 15) is 4.79 Å². The number of hydrogen-bond donors (Lipinski definition) is 2. The Morgan fingerprint density at radius 1 is 1.26 bits per heavy atom. The van der Waals surface area contributed by atoms with E-state index in [1.807, 2.05) is 0 Å². The van der Waals surface area contributed by atoms with Gasteiger partial charge in [-0.2, -0.15) is 0 Å². The zero-order chi connectivity index (χ0) is 13.7. The molecule has 1 unspecified atom stereocenters. The number of carbonyl (C=O) groups excluding carboxylic acids is 1. The van der Waals surface area contributed by atoms with Crippen molar-refractivity contribution in [2.45, 2.75) is 38.3 Å². The minimum atomic E-state index is 0.223. The van der Waals surface area contributed by atoms with Crippen molar-refractivity contribution in [3.63, 3.8) is 0 Å². The van der Waals surface area contributed by atoms with Crippen LogP contribution in [0.2, 0.25) is 0 Å². The van der Waals surface area contributed by atoms with E-state index >= 15 is 0 Å². The summed E-state index contributed by atoms with van der Waals surface area (Å²) in [6.07, 6.45) is 2.81. The van der Waals surface area contributed by atoms with Gasteiger partial charge in [0.15, 0.2) is 0 Å². The van der Waals surface area contributed by atoms with E-state index in [1.165, 1.54) is 0 Å². The molecule has 2 N–H and O–H groups in total. The van der Waals surface area contributed by atoms with E-state index in [1.54, 1.807) is 0 Å². The fourth-order valence-corrected chi connectivity index (χ4v) is 2.96. The molecule has 0 aromatic heterocycles. The van der Waals surface area contributed by atoms with E-state index in [2.05, 4.69) is 34.4 Å². The molecule has 0 aliphatic carbocycles. The number of piperazine rings is 1. The molecule has 0 radical (unpaired) electrons. The topological polar surface area (TPSA) is 47.6 Å². The fourth-order valence-electron chi connectivity index (χ4n) is 2.96. The average Bonchev–Trinajstić information content (AvgIpc) is 2.42. The summed E-state index contributed by atoms with van der Waals surface area (Å²) in [5, 5.41) is 6.55. The Kier molecular flexibility index (Phi) is 5.60. The molecular weight excluding hydrogens is 240 g/mol. The van der Waals surface area contributed by atoms with Crippen molar-refractivity contribution in [1.82, 2.24) is 20.4 Å². The zero-order valence-corrected chi connectivity index (χ0v) is 12.3. The maximum Gasteiger partial charge on any atom is 0.221 e. The summed E-state index contributed by atoms with van der Waals surface area (Å²) in [5.41, 5.74) is 0. The van der Waals surface area contributed by atoms with Gasteiger partial charge >= 0.3 is 0 Å². The van der Waals surface area contributed by atoms with Crippen LogP contribution >= 0.6 is 0 Å². The summed E-state index contributed by atoms with van der Waals surface area (Å²) >= 11 is 0. The van der Waals surface area contributed by atoms with Gasteiger partial charge in [0.1, 0.15) is 0 Å². The summed E-state index contributed by atoms with van der Waals surface area (Å²) in [6, 6.07) is 0.743. The Hall–Kier alpha value is -0.650. The quantitative estimate of drug-likeness (QED) is 0.746. The first-order chi connectivity index (χ1) is 9.15. The number of nitrogens with one attached hydrogen (secondary N) is 2. The summed E-state index contributed by atoms with van der Waals surface area (Å²) < 4.78 is 0. The lowest BCUT2D eigenvalue weighted by atomic mass is 10.0. The molecule has 2 rings (SSSR count). The number of likely N-dealkylation sites (tertiary alicyclic amines) is 1. The lowest BCUT2D eigenvalue weighted by Gasteiger charge is -2.33. The number of amides is 1. The molecule has 0 aromatic rings. The van der Waals surface area contributed by atoms with Crippen LogP contribution in [0.5, 0.6) is 0 Å². The second-order valence-electron chi connectivity index (χ2n) is 5.98. The third-order valence-corrected chi connectivity index (χ3v) is 4.34. The first-order valence-electron chi connectivity index (χ1n) is 7.58. The molecule has 2 aliphatic rings. The molecule has 19 heavy (non-hydrogen) atoms. The number of carbonyl (C=O) groups is 1. The van der Waals surface area contributed by atoms with Crippen LogP contribution in [0, 0.1) is 0 Å². The Morgan fingerprint density at radius 2 is 1.89 bits per heavy atom. The monoisotopic (exact) mass is 268 g/mol. The lowest BCUT2D eigenvalue weighted by Crippen LogP contribution is -2.49. The number of rotatable bonds is 4. The lowest BCUT2D eigenvalue weighted by molar-refractivity contribution is -0.123. The van der Waals surface area contributed by atoms with Crippen LogP contribution < -0.4 is 10.6 Å². The highest BCUT2D eigenvalue weighted by Crippen LogP contribution is 2.10. The molecule has 0 saturated carbocycles. The Morgan fingerprint density at radius 3 is 2.53 bits per heavy atom. The van der Waals surface area contributed by atoms with Gasteiger partial charge in [-0.15, -0.1) is 0 Å². The normalized spacial score (nSPS) is 25.2. The third kappa shape index (κ3) is 4.75. The third-order valence-electron chi connectivity index (χ3n) is 4.34. The van der Waals surface area contributed by atoms with E-state index in [4.69, 9.17) is 0 Å². The van der Waals surface area contributed by atoms with E-state index in [-0.39, 0.29) is 5.91 Å². The van der Waals surface area contributed by atoms with E-state index in [0.717, 1.165) is 52.1 Å². The maximum absolute atomic E-state index is 12.1. The molecule has 1 atom stereocenters.